The zero-order chi connectivity index (χ0) is 3.41. The van der Waals surface area contributed by atoms with Crippen LogP contribution in [0.25, 0.3) is 0 Å². The molecule has 0 aliphatic carbocycles. The number of hydrogen-bond acceptors (Lipinski definition) is 1. The second-order valence-corrected chi connectivity index (χ2v) is 0.551. The highest BCUT2D eigenvalue weighted by atomic mass is 28.2. The van der Waals surface area contributed by atoms with Gasteiger partial charge < -0.3 is 4.98 Å². The van der Waals surface area contributed by atoms with Crippen LogP contribution in [0.4, 0.5) is 0 Å². The summed E-state index contributed by atoms with van der Waals surface area (Å²) in [5.41, 5.74) is 0. The van der Waals surface area contributed by atoms with E-state index in [0.717, 1.165) is 0 Å². The minimum Gasteiger partial charge on any atom is -0.386 e. The number of rotatable bonds is 1. The highest BCUT2D eigenvalue weighted by molar-refractivity contribution is 6.10. The summed E-state index contributed by atoms with van der Waals surface area (Å²) in [6.07, 6.45) is 0.539. The van der Waals surface area contributed by atoms with Gasteiger partial charge in [-0.15, -0.1) is 0 Å². The van der Waals surface area contributed by atoms with E-state index >= 15 is 0 Å². The summed E-state index contributed by atoms with van der Waals surface area (Å²) in [6, 6.07) is 0. The Balaban J connectivity index is 2.30. The Morgan fingerprint density at radius 3 is 2.25 bits per heavy atom. The molecule has 0 aliphatic heterocycles. The molecule has 0 fully saturated rings. The monoisotopic (exact) mass is 72.0 g/mol. The summed E-state index contributed by atoms with van der Waals surface area (Å²) in [4.78, 5) is 11.1. The van der Waals surface area contributed by atoms with Crippen molar-refractivity contribution in [1.29, 1.82) is 0 Å². The molecule has 0 bridgehead atoms. The molecule has 0 spiro atoms. The van der Waals surface area contributed by atoms with Crippen molar-refractivity contribution in [2.24, 2.45) is 0 Å². The summed E-state index contributed by atoms with van der Waals surface area (Å²) in [5, 5.41) is 0. The van der Waals surface area contributed by atoms with E-state index in [2.05, 4.69) is 15.4 Å². The summed E-state index contributed by atoms with van der Waals surface area (Å²) in [5.74, 6) is 0. The highest BCUT2D eigenvalue weighted by Crippen LogP contribution is 1.06. The normalized spacial score (nSPS) is 5.25. The third kappa shape index (κ3) is 1.69. The highest BCUT2D eigenvalue weighted by Gasteiger charge is 1.45. The lowest BCUT2D eigenvalue weighted by atomic mass is 11.5. The molecule has 0 aliphatic rings. The largest absolute Gasteiger partial charge is 0.386 e. The van der Waals surface area contributed by atoms with E-state index in [1.54, 1.807) is 0 Å². The second kappa shape index (κ2) is 2.69. The third-order valence-electron chi connectivity index (χ3n) is 0.0589. The first kappa shape index (κ1) is 3.69. The third-order valence-corrected chi connectivity index (χ3v) is 0.177. The molecule has 3 radical (unpaired) electrons. The van der Waals surface area contributed by atoms with E-state index in [4.69, 9.17) is 4.79 Å². The molecular formula is CH2NOSi. The SMILES string of the molecule is O=CN[Si]. The predicted octanol–water partition coefficient (Wildman–Crippen LogP) is -1.18. The molecule has 2 nitrogen and oxygen atoms in total. The van der Waals surface area contributed by atoms with E-state index in [0.29, 0.717) is 6.41 Å². The molecule has 3 heteroatoms. The quantitative estimate of drug-likeness (QED) is 0.306. The molecule has 21 valence electrons. The molecule has 1 N–H and O–H groups in total. The van der Waals surface area contributed by atoms with Crippen LogP contribution in [0, 0.1) is 0 Å². The van der Waals surface area contributed by atoms with Crippen LogP contribution >= 0.6 is 0 Å². The van der Waals surface area contributed by atoms with Gasteiger partial charge in [0.05, 0.1) is 0 Å². The van der Waals surface area contributed by atoms with Gasteiger partial charge in [-0.1, -0.05) is 0 Å². The van der Waals surface area contributed by atoms with E-state index in [1.165, 1.54) is 0 Å². The van der Waals surface area contributed by atoms with Gasteiger partial charge in [0.15, 0.2) is 16.8 Å². The molecule has 0 heterocycles. The Morgan fingerprint density at radius 2 is 2.25 bits per heavy atom. The second-order valence-electron chi connectivity index (χ2n) is 0.262. The molecule has 0 saturated carbocycles. The Bertz CT molecular complexity index is 22.0. The van der Waals surface area contributed by atoms with Crippen molar-refractivity contribution in [3.8, 4) is 0 Å². The van der Waals surface area contributed by atoms with Gasteiger partial charge in [-0.2, -0.15) is 0 Å². The van der Waals surface area contributed by atoms with Crippen LogP contribution < -0.4 is 4.98 Å². The fourth-order valence-electron chi connectivity index (χ4n) is 0. The van der Waals surface area contributed by atoms with E-state index in [9.17, 15) is 0 Å². The van der Waals surface area contributed by atoms with Crippen molar-refractivity contribution in [2.75, 3.05) is 0 Å². The molecule has 0 aromatic heterocycles. The van der Waals surface area contributed by atoms with Gasteiger partial charge in [-0.25, -0.2) is 0 Å². The summed E-state index contributed by atoms with van der Waals surface area (Å²) < 4.78 is 0. The maximum atomic E-state index is 9.01. The Hall–Kier alpha value is -0.313. The summed E-state index contributed by atoms with van der Waals surface area (Å²) in [6.45, 7) is 0. The number of amides is 1. The number of nitrogens with one attached hydrogen (secondary N) is 1. The van der Waals surface area contributed by atoms with Crippen LogP contribution in [0.3, 0.4) is 0 Å². The lowest BCUT2D eigenvalue weighted by Gasteiger charge is -1.63. The van der Waals surface area contributed by atoms with Gasteiger partial charge in [-0.05, 0) is 0 Å². The van der Waals surface area contributed by atoms with Gasteiger partial charge in [0.2, 0.25) is 0 Å². The first-order valence-electron chi connectivity index (χ1n) is 0.774. The van der Waals surface area contributed by atoms with E-state index < -0.39 is 0 Å². The van der Waals surface area contributed by atoms with Gasteiger partial charge in [-0.3, -0.25) is 4.79 Å². The molecule has 0 atom stereocenters. The fraction of sp³-hybridized carbons (Fsp3) is 0. The summed E-state index contributed by atoms with van der Waals surface area (Å²) in [7, 11) is 2.67. The Kier molecular flexibility index (Phi) is 2.48. The smallest absolute Gasteiger partial charge is 0.198 e. The lowest BCUT2D eigenvalue weighted by molar-refractivity contribution is -0.108. The van der Waals surface area contributed by atoms with Gasteiger partial charge in [0.1, 0.15) is 0 Å². The number of carbonyl (C=O) groups is 1. The van der Waals surface area contributed by atoms with Gasteiger partial charge in [0.25, 0.3) is 0 Å². The first-order chi connectivity index (χ1) is 1.91. The van der Waals surface area contributed by atoms with Crippen LogP contribution in [-0.2, 0) is 4.79 Å². The molecule has 4 heavy (non-hydrogen) atoms. The number of hydrogen-bond donors (Lipinski definition) is 1. The van der Waals surface area contributed by atoms with Crippen molar-refractivity contribution in [2.45, 2.75) is 0 Å². The molecule has 1 amide bonds. The lowest BCUT2D eigenvalue weighted by Crippen LogP contribution is -2.01. The topological polar surface area (TPSA) is 29.1 Å². The summed E-state index contributed by atoms with van der Waals surface area (Å²) >= 11 is 0. The van der Waals surface area contributed by atoms with Crippen LogP contribution in [0.15, 0.2) is 0 Å². The van der Waals surface area contributed by atoms with Gasteiger partial charge in [0, 0.05) is 0 Å². The van der Waals surface area contributed by atoms with E-state index in [1.807, 2.05) is 0 Å². The van der Waals surface area contributed by atoms with Crippen LogP contribution in [-0.4, -0.2) is 16.8 Å². The van der Waals surface area contributed by atoms with Crippen LogP contribution in [0.5, 0.6) is 0 Å². The molecule has 0 aromatic rings. The van der Waals surface area contributed by atoms with Crippen LogP contribution in [0.2, 0.25) is 0 Å². The minimum absolute atomic E-state index is 0.539. The zero-order valence-corrected chi connectivity index (χ0v) is 2.99. The standard InChI is InChI=1S/CH2NOSi/c3-1-2-4/h1H,(H,2,3). The van der Waals surface area contributed by atoms with Crippen LogP contribution in [0.1, 0.15) is 0 Å². The molecule has 0 saturated heterocycles. The first-order valence-corrected chi connectivity index (χ1v) is 1.27. The van der Waals surface area contributed by atoms with E-state index in [-0.39, 0.29) is 0 Å². The molecule has 0 aromatic carbocycles. The van der Waals surface area contributed by atoms with Crippen molar-refractivity contribution in [3.63, 3.8) is 0 Å². The van der Waals surface area contributed by atoms with Crippen molar-refractivity contribution in [3.05, 3.63) is 0 Å². The van der Waals surface area contributed by atoms with Crippen molar-refractivity contribution in [1.82, 2.24) is 4.98 Å². The molecule has 0 rings (SSSR count). The Labute approximate surface area is 27.7 Å². The molecular weight excluding hydrogens is 70.1 g/mol. The maximum Gasteiger partial charge on any atom is 0.198 e. The number of carbonyl (C=O) groups excluding carboxylic acids is 1. The zero-order valence-electron chi connectivity index (χ0n) is 1.99. The van der Waals surface area contributed by atoms with Gasteiger partial charge >= 0.3 is 0 Å². The minimum atomic E-state index is 0.539. The molecule has 0 unspecified atom stereocenters. The maximum absolute atomic E-state index is 9.01. The fourth-order valence-corrected chi connectivity index (χ4v) is 0. The predicted molar refractivity (Wildman–Crippen MR) is 15.0 cm³/mol. The Morgan fingerprint density at radius 1 is 2.00 bits per heavy atom. The van der Waals surface area contributed by atoms with Crippen molar-refractivity contribution < 1.29 is 4.79 Å². The average molecular weight is 72.1 g/mol. The average Bonchev–Trinajstić information content (AvgIpc) is 1.37. The van der Waals surface area contributed by atoms with Crippen molar-refractivity contribution >= 4 is 16.8 Å².